The van der Waals surface area contributed by atoms with Crippen molar-refractivity contribution >= 4 is 39.6 Å². The van der Waals surface area contributed by atoms with Crippen LogP contribution in [0, 0.1) is 34.6 Å². The molecule has 0 saturated carbocycles. The van der Waals surface area contributed by atoms with Crippen LogP contribution in [0.3, 0.4) is 0 Å². The third kappa shape index (κ3) is 4.19. The van der Waals surface area contributed by atoms with E-state index < -0.39 is 0 Å². The van der Waals surface area contributed by atoms with Gasteiger partial charge in [-0.1, -0.05) is 18.2 Å². The molecule has 36 heavy (non-hydrogen) atoms. The maximum absolute atomic E-state index is 13.7. The summed E-state index contributed by atoms with van der Waals surface area (Å²) in [5.41, 5.74) is 7.95. The number of imide groups is 1. The van der Waals surface area contributed by atoms with Gasteiger partial charge in [0.15, 0.2) is 0 Å². The number of hydrogen-bond donors (Lipinski definition) is 0. The molecule has 5 rings (SSSR count). The summed E-state index contributed by atoms with van der Waals surface area (Å²) in [4.78, 5) is 33.1. The highest BCUT2D eigenvalue weighted by Crippen LogP contribution is 2.30. The lowest BCUT2D eigenvalue weighted by molar-refractivity contribution is -0.125. The van der Waals surface area contributed by atoms with Crippen molar-refractivity contribution in [3.05, 3.63) is 94.1 Å². The molecule has 0 atom stereocenters. The van der Waals surface area contributed by atoms with E-state index in [1.807, 2.05) is 52.8 Å². The minimum atomic E-state index is -0.357. The van der Waals surface area contributed by atoms with Gasteiger partial charge >= 0.3 is 0 Å². The van der Waals surface area contributed by atoms with Crippen LogP contribution >= 0.6 is 0 Å². The third-order valence-corrected chi connectivity index (χ3v) is 6.56. The van der Waals surface area contributed by atoms with Crippen molar-refractivity contribution in [3.63, 3.8) is 0 Å². The second kappa shape index (κ2) is 9.11. The summed E-state index contributed by atoms with van der Waals surface area (Å²) in [7, 11) is 0. The summed E-state index contributed by atoms with van der Waals surface area (Å²) in [5.74, 6) is -0.372. The van der Waals surface area contributed by atoms with Crippen LogP contribution in [0.15, 0.2) is 64.0 Å². The molecule has 2 amide bonds. The smallest absolute Gasteiger partial charge is 0.239 e. The third-order valence-electron chi connectivity index (χ3n) is 6.56. The molecule has 0 saturated heterocycles. The number of aryl methyl sites for hydroxylation is 5. The minimum absolute atomic E-state index is 0.0169. The Morgan fingerprint density at radius 3 is 1.72 bits per heavy atom. The van der Waals surface area contributed by atoms with Gasteiger partial charge in [0.1, 0.15) is 17.0 Å². The number of amides is 2. The van der Waals surface area contributed by atoms with Crippen molar-refractivity contribution in [1.29, 1.82) is 0 Å². The number of carbonyl (C=O) groups is 2. The molecule has 0 unspecified atom stereocenters. The van der Waals surface area contributed by atoms with Gasteiger partial charge in [-0.3, -0.25) is 9.59 Å². The molecule has 0 radical (unpaired) electrons. The predicted molar refractivity (Wildman–Crippen MR) is 140 cm³/mol. The molecular formula is C30H28N2O4. The molecule has 3 aromatic heterocycles. The van der Waals surface area contributed by atoms with Gasteiger partial charge in [-0.2, -0.15) is 0 Å². The lowest BCUT2D eigenvalue weighted by Gasteiger charge is -2.21. The molecular weight excluding hydrogens is 452 g/mol. The number of hydrogen-bond acceptors (Lipinski definition) is 5. The zero-order valence-electron chi connectivity index (χ0n) is 21.1. The first-order valence-corrected chi connectivity index (χ1v) is 11.9. The molecule has 6 nitrogen and oxygen atoms in total. The van der Waals surface area contributed by atoms with Gasteiger partial charge in [-0.25, -0.2) is 9.88 Å². The Morgan fingerprint density at radius 2 is 1.25 bits per heavy atom. The molecule has 0 aliphatic carbocycles. The molecule has 0 aliphatic heterocycles. The fraction of sp³-hybridized carbons (Fsp3) is 0.233. The highest BCUT2D eigenvalue weighted by Gasteiger charge is 2.28. The second-order valence-electron chi connectivity index (χ2n) is 9.55. The molecule has 2 aromatic carbocycles. The van der Waals surface area contributed by atoms with E-state index in [9.17, 15) is 9.59 Å². The molecule has 5 aromatic rings. The normalized spacial score (nSPS) is 11.4. The summed E-state index contributed by atoms with van der Waals surface area (Å²) in [5, 5.41) is 1.82. The Labute approximate surface area is 209 Å². The van der Waals surface area contributed by atoms with Crippen LogP contribution in [0.25, 0.3) is 21.9 Å². The summed E-state index contributed by atoms with van der Waals surface area (Å²) in [6.07, 6.45) is 4.85. The number of aromatic nitrogens is 1. The molecule has 0 N–H and O–H groups in total. The number of pyridine rings is 1. The van der Waals surface area contributed by atoms with Crippen LogP contribution in [0.4, 0.5) is 5.82 Å². The maximum Gasteiger partial charge on any atom is 0.239 e. The number of carbonyl (C=O) groups excluding carboxylic acids is 2. The van der Waals surface area contributed by atoms with E-state index in [-0.39, 0.29) is 24.7 Å². The second-order valence-corrected chi connectivity index (χ2v) is 9.55. The maximum atomic E-state index is 13.7. The van der Waals surface area contributed by atoms with Crippen LogP contribution < -0.4 is 4.90 Å². The lowest BCUT2D eigenvalue weighted by Crippen LogP contribution is -2.40. The van der Waals surface area contributed by atoms with Crippen molar-refractivity contribution in [2.45, 2.75) is 47.5 Å². The van der Waals surface area contributed by atoms with Crippen molar-refractivity contribution in [2.24, 2.45) is 0 Å². The minimum Gasteiger partial charge on any atom is -0.464 e. The number of rotatable bonds is 5. The van der Waals surface area contributed by atoms with Gasteiger partial charge in [-0.05, 0) is 80.6 Å². The topological polar surface area (TPSA) is 76.6 Å². The summed E-state index contributed by atoms with van der Waals surface area (Å²) < 4.78 is 11.5. The van der Waals surface area contributed by atoms with Gasteiger partial charge in [0.25, 0.3) is 0 Å². The molecule has 3 heterocycles. The highest BCUT2D eigenvalue weighted by molar-refractivity contribution is 6.16. The van der Waals surface area contributed by atoms with E-state index in [4.69, 9.17) is 8.83 Å². The Bertz CT molecular complexity index is 1540. The van der Waals surface area contributed by atoms with E-state index in [1.165, 1.54) is 4.90 Å². The Kier molecular flexibility index (Phi) is 5.96. The van der Waals surface area contributed by atoms with Crippen LogP contribution in [-0.4, -0.2) is 16.8 Å². The van der Waals surface area contributed by atoms with Crippen LogP contribution in [0.2, 0.25) is 0 Å². The van der Waals surface area contributed by atoms with Gasteiger partial charge in [-0.15, -0.1) is 0 Å². The van der Waals surface area contributed by atoms with Gasteiger partial charge < -0.3 is 8.83 Å². The van der Waals surface area contributed by atoms with E-state index in [1.54, 1.807) is 24.8 Å². The first-order valence-electron chi connectivity index (χ1n) is 11.9. The number of fused-ring (bicyclic) bond motifs is 2. The first kappa shape index (κ1) is 23.5. The van der Waals surface area contributed by atoms with E-state index in [2.05, 4.69) is 17.1 Å². The van der Waals surface area contributed by atoms with Crippen molar-refractivity contribution in [3.8, 4) is 0 Å². The molecule has 0 fully saturated rings. The highest BCUT2D eigenvalue weighted by atomic mass is 16.3. The standard InChI is InChI=1S/C30H28N2O4/c1-17-9-20(4)28-22(15-35-24(28)11-17)13-26(33)32(30-19(3)7-6-8-31-30)27(34)14-23-16-36-25-12-18(2)10-21(5)29(23)25/h6-12,15-16H,13-14H2,1-5H3. The molecule has 0 aliphatic rings. The number of anilines is 1. The van der Waals surface area contributed by atoms with E-state index >= 15 is 0 Å². The number of nitrogens with zero attached hydrogens (tertiary/aromatic N) is 2. The van der Waals surface area contributed by atoms with Crippen LogP contribution in [-0.2, 0) is 22.4 Å². The summed E-state index contributed by atoms with van der Waals surface area (Å²) in [6, 6.07) is 11.7. The summed E-state index contributed by atoms with van der Waals surface area (Å²) >= 11 is 0. The first-order chi connectivity index (χ1) is 17.2. The Balaban J connectivity index is 1.52. The largest absolute Gasteiger partial charge is 0.464 e. The number of benzene rings is 2. The monoisotopic (exact) mass is 480 g/mol. The van der Waals surface area contributed by atoms with Crippen LogP contribution in [0.1, 0.15) is 38.9 Å². The average Bonchev–Trinajstić information content (AvgIpc) is 3.39. The van der Waals surface area contributed by atoms with E-state index in [0.717, 1.165) is 60.9 Å². The van der Waals surface area contributed by atoms with Gasteiger partial charge in [0.2, 0.25) is 11.8 Å². The zero-order chi connectivity index (χ0) is 25.6. The van der Waals surface area contributed by atoms with Gasteiger partial charge in [0.05, 0.1) is 25.4 Å². The van der Waals surface area contributed by atoms with Crippen molar-refractivity contribution < 1.29 is 18.4 Å². The molecule has 0 bridgehead atoms. The fourth-order valence-corrected chi connectivity index (χ4v) is 5.08. The molecule has 6 heteroatoms. The number of furan rings is 2. The SMILES string of the molecule is Cc1cc(C)c2c(CC(=O)N(C(=O)Cc3coc4cc(C)cc(C)c34)c3ncccc3C)coc2c1. The Hall–Kier alpha value is -4.19. The quantitative estimate of drug-likeness (QED) is 0.288. The van der Waals surface area contributed by atoms with Gasteiger partial charge in [0, 0.05) is 28.1 Å². The van der Waals surface area contributed by atoms with Crippen LogP contribution in [0.5, 0.6) is 0 Å². The summed E-state index contributed by atoms with van der Waals surface area (Å²) in [6.45, 7) is 9.85. The average molecular weight is 481 g/mol. The lowest BCUT2D eigenvalue weighted by atomic mass is 10.0. The molecule has 182 valence electrons. The Morgan fingerprint density at radius 1 is 0.750 bits per heavy atom. The van der Waals surface area contributed by atoms with Crippen molar-refractivity contribution in [2.75, 3.05) is 4.90 Å². The fourth-order valence-electron chi connectivity index (χ4n) is 5.08. The predicted octanol–water partition coefficient (Wildman–Crippen LogP) is 6.46. The molecule has 0 spiro atoms. The zero-order valence-corrected chi connectivity index (χ0v) is 21.1. The van der Waals surface area contributed by atoms with Crippen molar-refractivity contribution in [1.82, 2.24) is 4.98 Å². The van der Waals surface area contributed by atoms with E-state index in [0.29, 0.717) is 5.82 Å².